The number of nitrogens with one attached hydrogen (secondary N) is 1. The number of fused-ring (bicyclic) bond motifs is 1. The summed E-state index contributed by atoms with van der Waals surface area (Å²) in [7, 11) is -2.08. The fourth-order valence-electron chi connectivity index (χ4n) is 4.08. The number of methoxy groups -OCH3 is 1. The van der Waals surface area contributed by atoms with Crippen LogP contribution >= 0.6 is 23.2 Å². The van der Waals surface area contributed by atoms with Gasteiger partial charge in [0, 0.05) is 30.2 Å². The van der Waals surface area contributed by atoms with Crippen LogP contribution in [0.25, 0.3) is 10.9 Å². The van der Waals surface area contributed by atoms with E-state index in [2.05, 4.69) is 15.3 Å². The second-order valence-electron chi connectivity index (χ2n) is 8.48. The molecule has 4 aromatic rings. The number of rotatable bonds is 8. The molecule has 38 heavy (non-hydrogen) atoms. The third-order valence-electron chi connectivity index (χ3n) is 6.01. The van der Waals surface area contributed by atoms with E-state index in [0.29, 0.717) is 44.0 Å². The van der Waals surface area contributed by atoms with Crippen LogP contribution in [0, 0.1) is 0 Å². The summed E-state index contributed by atoms with van der Waals surface area (Å²) in [6.45, 7) is 0.847. The zero-order chi connectivity index (χ0) is 26.7. The Bertz CT molecular complexity index is 1560. The normalized spacial score (nSPS) is 16.3. The monoisotopic (exact) mass is 574 g/mol. The summed E-state index contributed by atoms with van der Waals surface area (Å²) in [4.78, 5) is 8.98. The van der Waals surface area contributed by atoms with Crippen LogP contribution in [-0.2, 0) is 14.8 Å². The lowest BCUT2D eigenvalue weighted by atomic mass is 10.2. The van der Waals surface area contributed by atoms with E-state index in [9.17, 15) is 8.42 Å². The van der Waals surface area contributed by atoms with Crippen molar-refractivity contribution in [1.29, 1.82) is 0 Å². The average Bonchev–Trinajstić information content (AvgIpc) is 2.94. The molecule has 198 valence electrons. The third kappa shape index (κ3) is 5.64. The van der Waals surface area contributed by atoms with Crippen molar-refractivity contribution < 1.29 is 22.6 Å². The second-order valence-corrected chi connectivity index (χ2v) is 11.2. The van der Waals surface area contributed by atoms with E-state index in [0.717, 1.165) is 0 Å². The SMILES string of the molecule is COc1cc2c(Nc3ccc(Cl)c(Cl)c3)ncnc2cc1OCC1CN(S(=O)(=O)c2ccccc2)CCO1. The van der Waals surface area contributed by atoms with Crippen LogP contribution in [0.2, 0.25) is 10.0 Å². The standard InChI is InChI=1S/C26H24Cl2N4O5S/c1-35-24-12-20-23(29-16-30-26(20)31-17-7-8-21(27)22(28)11-17)13-25(24)37-15-18-14-32(9-10-36-18)38(33,34)19-5-3-2-4-6-19/h2-8,11-13,16,18H,9-10,14-15H2,1H3,(H,29,30,31). The maximum Gasteiger partial charge on any atom is 0.243 e. The molecule has 3 aromatic carbocycles. The van der Waals surface area contributed by atoms with Crippen molar-refractivity contribution in [2.45, 2.75) is 11.0 Å². The number of halogens is 2. The van der Waals surface area contributed by atoms with Crippen molar-refractivity contribution >= 4 is 55.6 Å². The molecule has 0 aliphatic carbocycles. The highest BCUT2D eigenvalue weighted by Crippen LogP contribution is 2.35. The molecule has 12 heteroatoms. The molecule has 0 bridgehead atoms. The zero-order valence-corrected chi connectivity index (χ0v) is 22.6. The number of benzene rings is 3. The number of ether oxygens (including phenoxy) is 3. The Kier molecular flexibility index (Phi) is 7.87. The largest absolute Gasteiger partial charge is 0.493 e. The van der Waals surface area contributed by atoms with Crippen LogP contribution in [-0.4, -0.2) is 62.2 Å². The van der Waals surface area contributed by atoms with E-state index in [1.807, 2.05) is 0 Å². The Balaban J connectivity index is 1.33. The molecule has 1 N–H and O–H groups in total. The molecule has 0 saturated carbocycles. The summed E-state index contributed by atoms with van der Waals surface area (Å²) in [6, 6.07) is 17.1. The van der Waals surface area contributed by atoms with Gasteiger partial charge in [0.05, 0.1) is 34.2 Å². The van der Waals surface area contributed by atoms with Crippen molar-refractivity contribution in [3.63, 3.8) is 0 Å². The van der Waals surface area contributed by atoms with Gasteiger partial charge in [-0.05, 0) is 36.4 Å². The predicted molar refractivity (Wildman–Crippen MR) is 146 cm³/mol. The van der Waals surface area contributed by atoms with E-state index >= 15 is 0 Å². The van der Waals surface area contributed by atoms with Gasteiger partial charge in [0.15, 0.2) is 11.5 Å². The molecule has 9 nitrogen and oxygen atoms in total. The molecule has 0 amide bonds. The molecule has 1 unspecified atom stereocenters. The van der Waals surface area contributed by atoms with Gasteiger partial charge in [0.2, 0.25) is 10.0 Å². The Morgan fingerprint density at radius 2 is 1.87 bits per heavy atom. The molecule has 1 aromatic heterocycles. The lowest BCUT2D eigenvalue weighted by molar-refractivity contribution is -0.0252. The summed E-state index contributed by atoms with van der Waals surface area (Å²) in [5, 5.41) is 4.81. The summed E-state index contributed by atoms with van der Waals surface area (Å²) < 4.78 is 44.9. The molecule has 1 saturated heterocycles. The van der Waals surface area contributed by atoms with Crippen LogP contribution in [0.1, 0.15) is 0 Å². The Morgan fingerprint density at radius 3 is 2.63 bits per heavy atom. The molecule has 2 heterocycles. The Labute approximate surface area is 230 Å². The first-order chi connectivity index (χ1) is 18.3. The zero-order valence-electron chi connectivity index (χ0n) is 20.3. The number of nitrogens with zero attached hydrogens (tertiary/aromatic N) is 3. The van der Waals surface area contributed by atoms with Gasteiger partial charge in [-0.2, -0.15) is 4.31 Å². The van der Waals surface area contributed by atoms with Crippen LogP contribution < -0.4 is 14.8 Å². The van der Waals surface area contributed by atoms with Crippen molar-refractivity contribution in [2.75, 3.05) is 38.7 Å². The van der Waals surface area contributed by atoms with Gasteiger partial charge in [0.1, 0.15) is 24.9 Å². The average molecular weight is 575 g/mol. The maximum atomic E-state index is 13.0. The number of sulfonamides is 1. The smallest absolute Gasteiger partial charge is 0.243 e. The van der Waals surface area contributed by atoms with Crippen molar-refractivity contribution in [3.05, 3.63) is 77.0 Å². The Morgan fingerprint density at radius 1 is 1.05 bits per heavy atom. The molecule has 1 aliphatic rings. The first kappa shape index (κ1) is 26.5. The first-order valence-electron chi connectivity index (χ1n) is 11.7. The van der Waals surface area contributed by atoms with Gasteiger partial charge in [-0.15, -0.1) is 0 Å². The molecule has 0 radical (unpaired) electrons. The van der Waals surface area contributed by atoms with Gasteiger partial charge in [0.25, 0.3) is 0 Å². The van der Waals surface area contributed by atoms with Gasteiger partial charge in [-0.1, -0.05) is 41.4 Å². The van der Waals surface area contributed by atoms with E-state index < -0.39 is 16.1 Å². The summed E-state index contributed by atoms with van der Waals surface area (Å²) in [5.41, 5.74) is 1.33. The van der Waals surface area contributed by atoms with E-state index in [-0.39, 0.29) is 31.2 Å². The van der Waals surface area contributed by atoms with Crippen LogP contribution in [0.3, 0.4) is 0 Å². The highest BCUT2D eigenvalue weighted by molar-refractivity contribution is 7.89. The minimum atomic E-state index is -3.62. The topological polar surface area (TPSA) is 103 Å². The third-order valence-corrected chi connectivity index (χ3v) is 8.63. The van der Waals surface area contributed by atoms with E-state index in [4.69, 9.17) is 37.4 Å². The number of morpholine rings is 1. The van der Waals surface area contributed by atoms with Crippen molar-refractivity contribution in [1.82, 2.24) is 14.3 Å². The van der Waals surface area contributed by atoms with Crippen molar-refractivity contribution in [2.24, 2.45) is 0 Å². The number of aromatic nitrogens is 2. The number of anilines is 2. The van der Waals surface area contributed by atoms with Gasteiger partial charge < -0.3 is 19.5 Å². The van der Waals surface area contributed by atoms with Crippen LogP contribution in [0.4, 0.5) is 11.5 Å². The van der Waals surface area contributed by atoms with Crippen LogP contribution in [0.15, 0.2) is 71.9 Å². The molecular weight excluding hydrogens is 551 g/mol. The van der Waals surface area contributed by atoms with Crippen molar-refractivity contribution in [3.8, 4) is 11.5 Å². The first-order valence-corrected chi connectivity index (χ1v) is 13.9. The van der Waals surface area contributed by atoms with Gasteiger partial charge in [-0.25, -0.2) is 18.4 Å². The van der Waals surface area contributed by atoms with E-state index in [1.165, 1.54) is 17.7 Å². The lowest BCUT2D eigenvalue weighted by Gasteiger charge is -2.32. The predicted octanol–water partition coefficient (Wildman–Crippen LogP) is 5.16. The lowest BCUT2D eigenvalue weighted by Crippen LogP contribution is -2.47. The number of hydrogen-bond donors (Lipinski definition) is 1. The molecule has 5 rings (SSSR count). The van der Waals surface area contributed by atoms with Gasteiger partial charge in [-0.3, -0.25) is 0 Å². The Hall–Kier alpha value is -3.15. The molecule has 1 aliphatic heterocycles. The fraction of sp³-hybridized carbons (Fsp3) is 0.231. The minimum Gasteiger partial charge on any atom is -0.493 e. The van der Waals surface area contributed by atoms with Gasteiger partial charge >= 0.3 is 0 Å². The molecule has 1 fully saturated rings. The molecular formula is C26H24Cl2N4O5S. The molecule has 0 spiro atoms. The molecule has 1 atom stereocenters. The minimum absolute atomic E-state index is 0.127. The van der Waals surface area contributed by atoms with E-state index in [1.54, 1.807) is 60.7 Å². The second kappa shape index (κ2) is 11.3. The fourth-order valence-corrected chi connectivity index (χ4v) is 5.86. The quantitative estimate of drug-likeness (QED) is 0.308. The summed E-state index contributed by atoms with van der Waals surface area (Å²) in [5.74, 6) is 1.47. The number of hydrogen-bond acceptors (Lipinski definition) is 8. The maximum absolute atomic E-state index is 13.0. The van der Waals surface area contributed by atoms with Crippen LogP contribution in [0.5, 0.6) is 11.5 Å². The summed E-state index contributed by atoms with van der Waals surface area (Å²) in [6.07, 6.45) is 0.981. The highest BCUT2D eigenvalue weighted by Gasteiger charge is 2.31. The highest BCUT2D eigenvalue weighted by atomic mass is 35.5. The summed E-state index contributed by atoms with van der Waals surface area (Å²) >= 11 is 12.2.